The third kappa shape index (κ3) is 2.23. The Morgan fingerprint density at radius 3 is 2.87 bits per heavy atom. The number of carboxylic acids is 1. The predicted octanol–water partition coefficient (Wildman–Crippen LogP) is 3.97. The minimum absolute atomic E-state index is 0.347. The molecule has 0 aromatic heterocycles. The zero-order valence-corrected chi connectivity index (χ0v) is 12.4. The van der Waals surface area contributed by atoms with E-state index in [9.17, 15) is 14.3 Å². The highest BCUT2D eigenvalue weighted by molar-refractivity contribution is 5.75. The molecule has 5 heteroatoms. The minimum Gasteiger partial charge on any atom is -0.481 e. The van der Waals surface area contributed by atoms with Gasteiger partial charge in [0, 0.05) is 18.2 Å². The molecule has 1 saturated heterocycles. The van der Waals surface area contributed by atoms with Crippen LogP contribution in [0.3, 0.4) is 0 Å². The normalized spacial score (nSPS) is 22.2. The quantitative estimate of drug-likeness (QED) is 0.865. The van der Waals surface area contributed by atoms with Crippen LogP contribution in [0.2, 0.25) is 0 Å². The van der Waals surface area contributed by atoms with Gasteiger partial charge < -0.3 is 14.7 Å². The van der Waals surface area contributed by atoms with Gasteiger partial charge in [0.2, 0.25) is 0 Å². The van der Waals surface area contributed by atoms with Crippen molar-refractivity contribution in [1.82, 2.24) is 0 Å². The third-order valence-corrected chi connectivity index (χ3v) is 4.64. The molecule has 0 amide bonds. The van der Waals surface area contributed by atoms with Crippen LogP contribution < -0.4 is 9.64 Å². The molecule has 2 aliphatic heterocycles. The molecule has 0 spiro atoms. The Hall–Kier alpha value is -2.56. The average molecular weight is 313 g/mol. The van der Waals surface area contributed by atoms with Crippen molar-refractivity contribution in [3.05, 3.63) is 53.8 Å². The van der Waals surface area contributed by atoms with E-state index in [-0.39, 0.29) is 11.9 Å². The molecule has 0 radical (unpaired) electrons. The maximum Gasteiger partial charge on any atom is 0.308 e. The summed E-state index contributed by atoms with van der Waals surface area (Å²) in [5.74, 6) is -0.514. The van der Waals surface area contributed by atoms with Gasteiger partial charge in [-0.15, -0.1) is 0 Å². The molecule has 0 bridgehead atoms. The molecule has 1 N–H and O–H groups in total. The van der Waals surface area contributed by atoms with Crippen LogP contribution in [0.25, 0.3) is 0 Å². The maximum absolute atomic E-state index is 13.8. The van der Waals surface area contributed by atoms with Crippen molar-refractivity contribution < 1.29 is 19.0 Å². The number of piperidine rings is 1. The summed E-state index contributed by atoms with van der Waals surface area (Å²) < 4.78 is 19.7. The molecule has 0 saturated carbocycles. The second kappa shape index (κ2) is 5.26. The zero-order chi connectivity index (χ0) is 16.0. The number of carboxylic acid groups (broad SMARTS) is 1. The SMILES string of the molecule is O=C(O)C1CCCN2c3cc(F)ccc3Oc3ccccc3C12. The summed E-state index contributed by atoms with van der Waals surface area (Å²) >= 11 is 0. The van der Waals surface area contributed by atoms with Crippen molar-refractivity contribution in [1.29, 1.82) is 0 Å². The molecule has 4 nitrogen and oxygen atoms in total. The summed E-state index contributed by atoms with van der Waals surface area (Å²) in [4.78, 5) is 13.7. The van der Waals surface area contributed by atoms with Crippen LogP contribution in [0.5, 0.6) is 11.5 Å². The lowest BCUT2D eigenvalue weighted by Gasteiger charge is -2.40. The first-order chi connectivity index (χ1) is 11.1. The van der Waals surface area contributed by atoms with E-state index in [1.807, 2.05) is 29.2 Å². The first-order valence-electron chi connectivity index (χ1n) is 7.71. The van der Waals surface area contributed by atoms with Gasteiger partial charge in [-0.05, 0) is 31.0 Å². The number of hydrogen-bond acceptors (Lipinski definition) is 3. The van der Waals surface area contributed by atoms with Crippen molar-refractivity contribution in [2.75, 3.05) is 11.4 Å². The van der Waals surface area contributed by atoms with E-state index in [1.165, 1.54) is 12.1 Å². The van der Waals surface area contributed by atoms with Gasteiger partial charge in [0.25, 0.3) is 0 Å². The molecule has 2 aromatic rings. The van der Waals surface area contributed by atoms with Crippen LogP contribution in [0.15, 0.2) is 42.5 Å². The molecule has 0 aliphatic carbocycles. The van der Waals surface area contributed by atoms with Gasteiger partial charge in [-0.25, -0.2) is 4.39 Å². The highest BCUT2D eigenvalue weighted by Crippen LogP contribution is 2.49. The van der Waals surface area contributed by atoms with Crippen molar-refractivity contribution in [3.8, 4) is 11.5 Å². The van der Waals surface area contributed by atoms with Gasteiger partial charge >= 0.3 is 5.97 Å². The Bertz CT molecular complexity index is 777. The molecule has 118 valence electrons. The third-order valence-electron chi connectivity index (χ3n) is 4.64. The van der Waals surface area contributed by atoms with E-state index < -0.39 is 11.9 Å². The van der Waals surface area contributed by atoms with Gasteiger partial charge in [0.1, 0.15) is 11.6 Å². The van der Waals surface area contributed by atoms with Gasteiger partial charge in [0.05, 0.1) is 17.6 Å². The van der Waals surface area contributed by atoms with Crippen LogP contribution >= 0.6 is 0 Å². The Kier molecular flexibility index (Phi) is 3.22. The van der Waals surface area contributed by atoms with Gasteiger partial charge in [-0.3, -0.25) is 4.79 Å². The summed E-state index contributed by atoms with van der Waals surface area (Å²) in [5, 5.41) is 9.66. The average Bonchev–Trinajstić information content (AvgIpc) is 2.69. The van der Waals surface area contributed by atoms with Crippen LogP contribution in [0.1, 0.15) is 24.4 Å². The fourth-order valence-corrected chi connectivity index (χ4v) is 3.65. The van der Waals surface area contributed by atoms with Gasteiger partial charge in [-0.1, -0.05) is 18.2 Å². The van der Waals surface area contributed by atoms with E-state index in [0.29, 0.717) is 30.2 Å². The number of benzene rings is 2. The first kappa shape index (κ1) is 14.1. The number of anilines is 1. The standard InChI is InChI=1S/C18H16FNO3/c19-11-7-8-16-14(10-11)20-9-3-5-13(18(21)22)17(20)12-4-1-2-6-15(12)23-16/h1-2,4,6-8,10,13,17H,3,5,9H2,(H,21,22). The Labute approximate surface area is 133 Å². The largest absolute Gasteiger partial charge is 0.481 e. The summed E-state index contributed by atoms with van der Waals surface area (Å²) in [6.07, 6.45) is 1.36. The van der Waals surface area contributed by atoms with Crippen molar-refractivity contribution in [2.45, 2.75) is 18.9 Å². The topological polar surface area (TPSA) is 49.8 Å². The number of fused-ring (bicyclic) bond motifs is 5. The molecule has 2 atom stereocenters. The number of carbonyl (C=O) groups is 1. The molecule has 23 heavy (non-hydrogen) atoms. The molecule has 2 aliphatic rings. The van der Waals surface area contributed by atoms with E-state index in [4.69, 9.17) is 4.74 Å². The lowest BCUT2D eigenvalue weighted by Crippen LogP contribution is -2.41. The first-order valence-corrected chi connectivity index (χ1v) is 7.71. The number of para-hydroxylation sites is 1. The summed E-state index contributed by atoms with van der Waals surface area (Å²) in [7, 11) is 0. The molecule has 4 rings (SSSR count). The van der Waals surface area contributed by atoms with Crippen molar-refractivity contribution in [2.24, 2.45) is 5.92 Å². The van der Waals surface area contributed by atoms with Crippen molar-refractivity contribution >= 4 is 11.7 Å². The number of aliphatic carboxylic acids is 1. The smallest absolute Gasteiger partial charge is 0.308 e. The number of halogens is 1. The van der Waals surface area contributed by atoms with Crippen LogP contribution in [0.4, 0.5) is 10.1 Å². The molecular formula is C18H16FNO3. The number of hydrogen-bond donors (Lipinski definition) is 1. The monoisotopic (exact) mass is 313 g/mol. The van der Waals surface area contributed by atoms with Crippen molar-refractivity contribution in [3.63, 3.8) is 0 Å². The molecular weight excluding hydrogens is 297 g/mol. The maximum atomic E-state index is 13.8. The lowest BCUT2D eigenvalue weighted by molar-refractivity contribution is -0.143. The molecule has 2 unspecified atom stereocenters. The Balaban J connectivity index is 1.95. The summed E-state index contributed by atoms with van der Waals surface area (Å²) in [6.45, 7) is 0.683. The number of rotatable bonds is 1. The van der Waals surface area contributed by atoms with Gasteiger partial charge in [0.15, 0.2) is 5.75 Å². The number of ether oxygens (including phenoxy) is 1. The molecule has 1 fully saturated rings. The highest BCUT2D eigenvalue weighted by Gasteiger charge is 2.41. The lowest BCUT2D eigenvalue weighted by atomic mass is 9.84. The fourth-order valence-electron chi connectivity index (χ4n) is 3.65. The fraction of sp³-hybridized carbons (Fsp3) is 0.278. The van der Waals surface area contributed by atoms with Gasteiger partial charge in [-0.2, -0.15) is 0 Å². The van der Waals surface area contributed by atoms with Crippen LogP contribution in [-0.2, 0) is 4.79 Å². The second-order valence-corrected chi connectivity index (χ2v) is 5.98. The Morgan fingerprint density at radius 1 is 1.22 bits per heavy atom. The molecule has 2 aromatic carbocycles. The predicted molar refractivity (Wildman–Crippen MR) is 83.4 cm³/mol. The van der Waals surface area contributed by atoms with E-state index in [1.54, 1.807) is 6.07 Å². The van der Waals surface area contributed by atoms with E-state index >= 15 is 0 Å². The van der Waals surface area contributed by atoms with E-state index in [0.717, 1.165) is 12.0 Å². The summed E-state index contributed by atoms with van der Waals surface area (Å²) in [5.41, 5.74) is 1.47. The minimum atomic E-state index is -0.825. The van der Waals surface area contributed by atoms with E-state index in [2.05, 4.69) is 0 Å². The van der Waals surface area contributed by atoms with Crippen LogP contribution in [0, 0.1) is 11.7 Å². The molecule has 2 heterocycles. The highest BCUT2D eigenvalue weighted by atomic mass is 19.1. The zero-order valence-electron chi connectivity index (χ0n) is 12.4. The number of nitrogens with zero attached hydrogens (tertiary/aromatic N) is 1. The second-order valence-electron chi connectivity index (χ2n) is 5.98. The van der Waals surface area contributed by atoms with Crippen LogP contribution in [-0.4, -0.2) is 17.6 Å². The Morgan fingerprint density at radius 2 is 2.04 bits per heavy atom. The summed E-state index contributed by atoms with van der Waals surface area (Å²) in [6, 6.07) is 11.5.